The third-order valence-corrected chi connectivity index (χ3v) is 4.51. The number of benzene rings is 1. The largest absolute Gasteiger partial charge is 0.494 e. The molecule has 2 atom stereocenters. The van der Waals surface area contributed by atoms with Crippen molar-refractivity contribution in [2.75, 3.05) is 19.8 Å². The second kappa shape index (κ2) is 7.76. The third-order valence-electron chi connectivity index (χ3n) is 4.51. The van der Waals surface area contributed by atoms with Gasteiger partial charge in [0.25, 0.3) is 0 Å². The lowest BCUT2D eigenvalue weighted by Gasteiger charge is -2.35. The number of hydrogen-bond donors (Lipinski definition) is 2. The van der Waals surface area contributed by atoms with Crippen molar-refractivity contribution in [3.8, 4) is 5.75 Å². The number of nitrogens with one attached hydrogen (secondary N) is 1. The first-order valence-electron chi connectivity index (χ1n) is 7.94. The smallest absolute Gasteiger partial charge is 0.123 e. The Morgan fingerprint density at radius 1 is 1.38 bits per heavy atom. The van der Waals surface area contributed by atoms with Gasteiger partial charge < -0.3 is 15.2 Å². The van der Waals surface area contributed by atoms with Crippen LogP contribution in [0, 0.1) is 11.7 Å². The van der Waals surface area contributed by atoms with Crippen molar-refractivity contribution in [1.29, 1.82) is 0 Å². The predicted octanol–water partition coefficient (Wildman–Crippen LogP) is 3.13. The van der Waals surface area contributed by atoms with E-state index in [0.29, 0.717) is 18.3 Å². The van der Waals surface area contributed by atoms with E-state index in [1.807, 2.05) is 0 Å². The number of aliphatic hydroxyl groups is 1. The Morgan fingerprint density at radius 3 is 2.81 bits per heavy atom. The van der Waals surface area contributed by atoms with Gasteiger partial charge in [0.05, 0.1) is 13.2 Å². The van der Waals surface area contributed by atoms with Crippen molar-refractivity contribution in [3.05, 3.63) is 30.1 Å². The Morgan fingerprint density at radius 2 is 2.14 bits per heavy atom. The fraction of sp³-hybridized carbons (Fsp3) is 0.647. The van der Waals surface area contributed by atoms with Crippen molar-refractivity contribution in [2.24, 2.45) is 5.92 Å². The fourth-order valence-electron chi connectivity index (χ4n) is 3.29. The van der Waals surface area contributed by atoms with E-state index in [1.165, 1.54) is 12.1 Å². The average Bonchev–Trinajstić information content (AvgIpc) is 2.91. The Kier molecular flexibility index (Phi) is 6.00. The first-order chi connectivity index (χ1) is 10.2. The summed E-state index contributed by atoms with van der Waals surface area (Å²) >= 11 is 0. The summed E-state index contributed by atoms with van der Waals surface area (Å²) in [5, 5.41) is 13.4. The Labute approximate surface area is 126 Å². The van der Waals surface area contributed by atoms with Crippen LogP contribution in [-0.4, -0.2) is 30.4 Å². The molecule has 3 nitrogen and oxygen atoms in total. The number of aliphatic hydroxyl groups excluding tert-OH is 1. The van der Waals surface area contributed by atoms with Crippen molar-refractivity contribution >= 4 is 0 Å². The van der Waals surface area contributed by atoms with Crippen molar-refractivity contribution in [3.63, 3.8) is 0 Å². The lowest BCUT2D eigenvalue weighted by Crippen LogP contribution is -2.52. The predicted molar refractivity (Wildman–Crippen MR) is 82.0 cm³/mol. The quantitative estimate of drug-likeness (QED) is 0.774. The molecule has 1 fully saturated rings. The van der Waals surface area contributed by atoms with E-state index in [9.17, 15) is 9.50 Å². The maximum Gasteiger partial charge on any atom is 0.123 e. The zero-order valence-corrected chi connectivity index (χ0v) is 12.8. The third kappa shape index (κ3) is 4.17. The van der Waals surface area contributed by atoms with Gasteiger partial charge in [-0.15, -0.1) is 0 Å². The van der Waals surface area contributed by atoms with Gasteiger partial charge in [0, 0.05) is 5.54 Å². The molecule has 0 amide bonds. The number of ether oxygens (including phenoxy) is 1. The van der Waals surface area contributed by atoms with Gasteiger partial charge in [-0.2, -0.15) is 0 Å². The van der Waals surface area contributed by atoms with E-state index in [1.54, 1.807) is 12.1 Å². The molecule has 1 aromatic rings. The lowest BCUT2D eigenvalue weighted by atomic mass is 9.85. The van der Waals surface area contributed by atoms with Crippen LogP contribution in [-0.2, 0) is 0 Å². The van der Waals surface area contributed by atoms with Crippen LogP contribution >= 0.6 is 0 Å². The molecule has 0 saturated heterocycles. The van der Waals surface area contributed by atoms with E-state index in [4.69, 9.17) is 4.74 Å². The van der Waals surface area contributed by atoms with Crippen molar-refractivity contribution < 1.29 is 14.2 Å². The molecular formula is C17H26FNO2. The van der Waals surface area contributed by atoms with Gasteiger partial charge in [-0.25, -0.2) is 4.39 Å². The highest BCUT2D eigenvalue weighted by Gasteiger charge is 2.41. The monoisotopic (exact) mass is 295 g/mol. The maximum absolute atomic E-state index is 12.8. The summed E-state index contributed by atoms with van der Waals surface area (Å²) in [5.41, 5.74) is -0.137. The molecular weight excluding hydrogens is 269 g/mol. The van der Waals surface area contributed by atoms with E-state index in [-0.39, 0.29) is 18.0 Å². The molecule has 0 aliphatic heterocycles. The second-order valence-electron chi connectivity index (χ2n) is 5.92. The van der Waals surface area contributed by atoms with Crippen LogP contribution in [0.5, 0.6) is 5.75 Å². The molecule has 1 aliphatic carbocycles. The molecule has 2 rings (SSSR count). The van der Waals surface area contributed by atoms with Gasteiger partial charge in [0.15, 0.2) is 0 Å². The molecule has 0 radical (unpaired) electrons. The lowest BCUT2D eigenvalue weighted by molar-refractivity contribution is 0.110. The topological polar surface area (TPSA) is 41.5 Å². The summed E-state index contributed by atoms with van der Waals surface area (Å²) in [4.78, 5) is 0. The number of halogens is 1. The van der Waals surface area contributed by atoms with Crippen LogP contribution in [0.25, 0.3) is 0 Å². The van der Waals surface area contributed by atoms with Gasteiger partial charge in [-0.3, -0.25) is 0 Å². The molecule has 21 heavy (non-hydrogen) atoms. The van der Waals surface area contributed by atoms with Gasteiger partial charge in [-0.1, -0.05) is 13.3 Å². The number of rotatable bonds is 8. The highest BCUT2D eigenvalue weighted by atomic mass is 19.1. The Hall–Kier alpha value is -1.13. The summed E-state index contributed by atoms with van der Waals surface area (Å²) in [5.74, 6) is 0.890. The summed E-state index contributed by atoms with van der Waals surface area (Å²) in [6.07, 6.45) is 5.29. The molecule has 2 unspecified atom stereocenters. The molecule has 1 aromatic carbocycles. The average molecular weight is 295 g/mol. The normalized spacial score (nSPS) is 25.2. The summed E-state index contributed by atoms with van der Waals surface area (Å²) in [7, 11) is 0. The molecule has 1 aliphatic rings. The van der Waals surface area contributed by atoms with E-state index in [0.717, 1.165) is 38.6 Å². The van der Waals surface area contributed by atoms with Crippen LogP contribution < -0.4 is 10.1 Å². The van der Waals surface area contributed by atoms with E-state index in [2.05, 4.69) is 12.2 Å². The van der Waals surface area contributed by atoms with Crippen LogP contribution in [0.3, 0.4) is 0 Å². The zero-order valence-electron chi connectivity index (χ0n) is 12.8. The first-order valence-corrected chi connectivity index (χ1v) is 7.94. The molecule has 118 valence electrons. The Balaban J connectivity index is 1.84. The number of hydrogen-bond acceptors (Lipinski definition) is 3. The summed E-state index contributed by atoms with van der Waals surface area (Å²) in [6, 6.07) is 6.12. The van der Waals surface area contributed by atoms with Gasteiger partial charge in [0.1, 0.15) is 11.6 Å². The minimum atomic E-state index is -0.249. The Bertz CT molecular complexity index is 423. The molecule has 2 N–H and O–H groups in total. The first kappa shape index (κ1) is 16.2. The van der Waals surface area contributed by atoms with Gasteiger partial charge >= 0.3 is 0 Å². The van der Waals surface area contributed by atoms with E-state index >= 15 is 0 Å². The van der Waals surface area contributed by atoms with Crippen LogP contribution in [0.15, 0.2) is 24.3 Å². The fourth-order valence-corrected chi connectivity index (χ4v) is 3.29. The van der Waals surface area contributed by atoms with Gasteiger partial charge in [0.2, 0.25) is 0 Å². The second-order valence-corrected chi connectivity index (χ2v) is 5.92. The van der Waals surface area contributed by atoms with Crippen LogP contribution in [0.4, 0.5) is 4.39 Å². The zero-order chi connectivity index (χ0) is 15.1. The minimum absolute atomic E-state index is 0.137. The summed E-state index contributed by atoms with van der Waals surface area (Å²) in [6.45, 7) is 3.87. The molecule has 0 heterocycles. The highest BCUT2D eigenvalue weighted by Crippen LogP contribution is 2.37. The molecule has 0 spiro atoms. The van der Waals surface area contributed by atoms with Crippen molar-refractivity contribution in [2.45, 2.75) is 44.6 Å². The molecule has 0 aromatic heterocycles. The van der Waals surface area contributed by atoms with Crippen molar-refractivity contribution in [1.82, 2.24) is 5.32 Å². The minimum Gasteiger partial charge on any atom is -0.494 e. The highest BCUT2D eigenvalue weighted by molar-refractivity contribution is 5.22. The van der Waals surface area contributed by atoms with E-state index < -0.39 is 0 Å². The molecule has 0 bridgehead atoms. The standard InChI is InChI=1S/C17H26FNO2/c1-2-11-19-17(13-20)10-3-4-14(17)9-12-21-16-7-5-15(18)6-8-16/h5-8,14,19-20H,2-4,9-13H2,1H3. The molecule has 4 heteroatoms. The van der Waals surface area contributed by atoms with Gasteiger partial charge in [-0.05, 0) is 62.4 Å². The van der Waals surface area contributed by atoms with Crippen LogP contribution in [0.1, 0.15) is 39.0 Å². The SMILES string of the molecule is CCCNC1(CO)CCCC1CCOc1ccc(F)cc1. The summed E-state index contributed by atoms with van der Waals surface area (Å²) < 4.78 is 18.5. The van der Waals surface area contributed by atoms with Crippen LogP contribution in [0.2, 0.25) is 0 Å². The maximum atomic E-state index is 12.8. The molecule has 1 saturated carbocycles.